The summed E-state index contributed by atoms with van der Waals surface area (Å²) in [6, 6.07) is 9.74. The van der Waals surface area contributed by atoms with Crippen LogP contribution in [0.1, 0.15) is 5.56 Å². The lowest BCUT2D eigenvalue weighted by atomic mass is 10.2. The molecule has 14 heavy (non-hydrogen) atoms. The molecule has 78 valence electrons. The monoisotopic (exact) mass is 212 g/mol. The second kappa shape index (κ2) is 5.12. The Balaban J connectivity index is 2.82. The van der Waals surface area contributed by atoms with Crippen molar-refractivity contribution in [2.45, 2.75) is 5.75 Å². The minimum absolute atomic E-state index is 0.420. The summed E-state index contributed by atoms with van der Waals surface area (Å²) in [5.41, 5.74) is 6.46. The second-order valence-corrected chi connectivity index (χ2v) is 5.69. The van der Waals surface area contributed by atoms with E-state index < -0.39 is 9.73 Å². The van der Waals surface area contributed by atoms with Crippen LogP contribution in [-0.4, -0.2) is 23.6 Å². The molecule has 0 amide bonds. The van der Waals surface area contributed by atoms with Crippen LogP contribution in [0.5, 0.6) is 0 Å². The third-order valence-corrected chi connectivity index (χ3v) is 4.33. The van der Waals surface area contributed by atoms with Gasteiger partial charge in [0.2, 0.25) is 0 Å². The summed E-state index contributed by atoms with van der Waals surface area (Å²) in [4.78, 5) is 0. The normalized spacial score (nSPS) is 14.7. The molecule has 0 aromatic heterocycles. The molecule has 0 saturated heterocycles. The fraction of sp³-hybridized carbons (Fsp3) is 0.400. The van der Waals surface area contributed by atoms with Crippen LogP contribution in [0.25, 0.3) is 0 Å². The molecular weight excluding hydrogens is 196 g/mol. The quantitative estimate of drug-likeness (QED) is 0.816. The summed E-state index contributed by atoms with van der Waals surface area (Å²) in [6.45, 7) is 0.420. The Morgan fingerprint density at radius 2 is 2.00 bits per heavy atom. The lowest BCUT2D eigenvalue weighted by Gasteiger charge is -2.07. The Morgan fingerprint density at radius 3 is 2.50 bits per heavy atom. The standard InChI is InChI=1S/C10H16N2OS/c1-12-14(13,8-7-11)9-10-5-3-2-4-6-10/h2-6H,7-9,11H2,1H3. The highest BCUT2D eigenvalue weighted by molar-refractivity contribution is 7.92. The summed E-state index contributed by atoms with van der Waals surface area (Å²) in [6.07, 6.45) is 0. The Labute approximate surface area is 85.5 Å². The van der Waals surface area contributed by atoms with Crippen molar-refractivity contribution in [1.29, 1.82) is 0 Å². The first-order chi connectivity index (χ1) is 6.70. The molecule has 1 aromatic carbocycles. The Morgan fingerprint density at radius 1 is 1.36 bits per heavy atom. The van der Waals surface area contributed by atoms with Crippen molar-refractivity contribution in [2.75, 3.05) is 19.3 Å². The van der Waals surface area contributed by atoms with E-state index in [1.807, 2.05) is 30.3 Å². The Hall–Kier alpha value is -0.870. The number of hydrogen-bond donors (Lipinski definition) is 1. The van der Waals surface area contributed by atoms with E-state index in [1.165, 1.54) is 0 Å². The van der Waals surface area contributed by atoms with Crippen LogP contribution in [0.15, 0.2) is 34.7 Å². The molecule has 4 heteroatoms. The summed E-state index contributed by atoms with van der Waals surface area (Å²) < 4.78 is 16.0. The summed E-state index contributed by atoms with van der Waals surface area (Å²) >= 11 is 0. The van der Waals surface area contributed by atoms with Crippen LogP contribution in [0, 0.1) is 0 Å². The van der Waals surface area contributed by atoms with Gasteiger partial charge in [-0.05, 0) is 5.56 Å². The van der Waals surface area contributed by atoms with Crippen molar-refractivity contribution in [3.05, 3.63) is 35.9 Å². The maximum absolute atomic E-state index is 12.1. The van der Waals surface area contributed by atoms with Gasteiger partial charge in [-0.3, -0.25) is 0 Å². The van der Waals surface area contributed by atoms with Gasteiger partial charge in [-0.15, -0.1) is 0 Å². The first-order valence-corrected chi connectivity index (χ1v) is 6.40. The van der Waals surface area contributed by atoms with Crippen LogP contribution in [0.3, 0.4) is 0 Å². The van der Waals surface area contributed by atoms with Crippen LogP contribution in [0.2, 0.25) is 0 Å². The number of benzene rings is 1. The fourth-order valence-electron chi connectivity index (χ4n) is 1.25. The van der Waals surface area contributed by atoms with Gasteiger partial charge in [0, 0.05) is 19.3 Å². The molecule has 2 N–H and O–H groups in total. The molecule has 3 nitrogen and oxygen atoms in total. The maximum Gasteiger partial charge on any atom is 0.0568 e. The highest BCUT2D eigenvalue weighted by atomic mass is 32.2. The van der Waals surface area contributed by atoms with E-state index >= 15 is 0 Å². The lowest BCUT2D eigenvalue weighted by molar-refractivity contribution is 0.675. The summed E-state index contributed by atoms with van der Waals surface area (Å²) in [5.74, 6) is 0.972. The zero-order valence-electron chi connectivity index (χ0n) is 8.35. The first kappa shape index (κ1) is 11.2. The molecular formula is C10H16N2OS. The van der Waals surface area contributed by atoms with Gasteiger partial charge in [-0.25, -0.2) is 8.57 Å². The minimum atomic E-state index is -2.13. The van der Waals surface area contributed by atoms with E-state index in [0.29, 0.717) is 18.1 Å². The van der Waals surface area contributed by atoms with Crippen LogP contribution >= 0.6 is 0 Å². The maximum atomic E-state index is 12.1. The van der Waals surface area contributed by atoms with Crippen molar-refractivity contribution >= 4 is 9.73 Å². The second-order valence-electron chi connectivity index (χ2n) is 3.08. The van der Waals surface area contributed by atoms with Crippen molar-refractivity contribution in [2.24, 2.45) is 10.1 Å². The van der Waals surface area contributed by atoms with Gasteiger partial charge in [-0.2, -0.15) is 0 Å². The van der Waals surface area contributed by atoms with E-state index in [4.69, 9.17) is 5.73 Å². The van der Waals surface area contributed by atoms with Crippen LogP contribution in [0.4, 0.5) is 0 Å². The molecule has 1 atom stereocenters. The van der Waals surface area contributed by atoms with Gasteiger partial charge in [0.15, 0.2) is 0 Å². The minimum Gasteiger partial charge on any atom is -0.330 e. The zero-order valence-corrected chi connectivity index (χ0v) is 9.17. The third-order valence-electron chi connectivity index (χ3n) is 2.00. The van der Waals surface area contributed by atoms with Crippen LogP contribution in [-0.2, 0) is 15.5 Å². The predicted octanol–water partition coefficient (Wildman–Crippen LogP) is 1.24. The van der Waals surface area contributed by atoms with Gasteiger partial charge in [0.1, 0.15) is 0 Å². The number of nitrogens with two attached hydrogens (primary N) is 1. The summed E-state index contributed by atoms with van der Waals surface area (Å²) in [5, 5.41) is 0. The molecule has 0 saturated carbocycles. The van der Waals surface area contributed by atoms with Gasteiger partial charge >= 0.3 is 0 Å². The molecule has 0 bridgehead atoms. The average Bonchev–Trinajstić information content (AvgIpc) is 2.20. The SMILES string of the molecule is CN=S(=O)(CCN)Cc1ccccc1. The average molecular weight is 212 g/mol. The van der Waals surface area contributed by atoms with Gasteiger partial charge < -0.3 is 5.73 Å². The van der Waals surface area contributed by atoms with E-state index in [-0.39, 0.29) is 0 Å². The molecule has 0 aliphatic rings. The highest BCUT2D eigenvalue weighted by Crippen LogP contribution is 2.07. The number of nitrogens with zero attached hydrogens (tertiary/aromatic N) is 1. The van der Waals surface area contributed by atoms with E-state index in [2.05, 4.69) is 4.36 Å². The molecule has 0 fully saturated rings. The molecule has 0 aliphatic heterocycles. The van der Waals surface area contributed by atoms with E-state index in [9.17, 15) is 4.21 Å². The molecule has 0 radical (unpaired) electrons. The van der Waals surface area contributed by atoms with E-state index in [1.54, 1.807) is 7.05 Å². The van der Waals surface area contributed by atoms with Gasteiger partial charge in [-0.1, -0.05) is 30.3 Å². The molecule has 0 spiro atoms. The molecule has 0 heterocycles. The van der Waals surface area contributed by atoms with Crippen molar-refractivity contribution < 1.29 is 4.21 Å². The molecule has 1 aromatic rings. The number of hydrogen-bond acceptors (Lipinski definition) is 3. The smallest absolute Gasteiger partial charge is 0.0568 e. The van der Waals surface area contributed by atoms with Crippen molar-refractivity contribution in [3.8, 4) is 0 Å². The molecule has 0 aliphatic carbocycles. The predicted molar refractivity (Wildman–Crippen MR) is 60.6 cm³/mol. The largest absolute Gasteiger partial charge is 0.330 e. The van der Waals surface area contributed by atoms with Crippen LogP contribution < -0.4 is 5.73 Å². The Kier molecular flexibility index (Phi) is 4.10. The van der Waals surface area contributed by atoms with E-state index in [0.717, 1.165) is 5.56 Å². The molecule has 1 rings (SSSR count). The lowest BCUT2D eigenvalue weighted by Crippen LogP contribution is -2.17. The van der Waals surface area contributed by atoms with Crippen molar-refractivity contribution in [1.82, 2.24) is 0 Å². The van der Waals surface area contributed by atoms with Crippen molar-refractivity contribution in [3.63, 3.8) is 0 Å². The first-order valence-electron chi connectivity index (χ1n) is 4.55. The topological polar surface area (TPSA) is 55.5 Å². The zero-order chi connectivity index (χ0) is 10.4. The summed E-state index contributed by atoms with van der Waals surface area (Å²) in [7, 11) is -0.532. The fourth-order valence-corrected chi connectivity index (χ4v) is 2.78. The number of rotatable bonds is 4. The third kappa shape index (κ3) is 3.12. The molecule has 1 unspecified atom stereocenters. The van der Waals surface area contributed by atoms with Gasteiger partial charge in [0.25, 0.3) is 0 Å². The Bertz CT molecular complexity index is 380. The van der Waals surface area contributed by atoms with Gasteiger partial charge in [0.05, 0.1) is 15.5 Å². The highest BCUT2D eigenvalue weighted by Gasteiger charge is 2.07.